The first kappa shape index (κ1) is 20.5. The van der Waals surface area contributed by atoms with Crippen LogP contribution in [0.25, 0.3) is 0 Å². The van der Waals surface area contributed by atoms with Crippen LogP contribution in [0.2, 0.25) is 0 Å². The average Bonchev–Trinajstić information content (AvgIpc) is 3.12. The van der Waals surface area contributed by atoms with Crippen LogP contribution < -0.4 is 5.32 Å². The number of piperidine rings is 1. The zero-order valence-corrected chi connectivity index (χ0v) is 17.7. The van der Waals surface area contributed by atoms with Gasteiger partial charge in [0.15, 0.2) is 0 Å². The average molecular weight is 405 g/mol. The van der Waals surface area contributed by atoms with Gasteiger partial charge in [-0.05, 0) is 63.8 Å². The predicted octanol–water partition coefficient (Wildman–Crippen LogP) is 3.12. The fraction of sp³-hybridized carbons (Fsp3) is 0.500. The standard InChI is InChI=1S/C20H28N4O3S/c1-14(2)24-19(7-10-21-24)22-20(25)17-8-11-23(12-9-17)28(26,27)18-6-5-15(3)16(4)13-18/h5-7,10,13-14,17H,8-9,11-12H2,1-4H3,(H,22,25). The molecule has 1 fully saturated rings. The highest BCUT2D eigenvalue weighted by atomic mass is 32.2. The van der Waals surface area contributed by atoms with Gasteiger partial charge >= 0.3 is 0 Å². The zero-order chi connectivity index (χ0) is 20.5. The quantitative estimate of drug-likeness (QED) is 0.830. The number of aryl methyl sites for hydroxylation is 2. The number of carbonyl (C=O) groups is 1. The number of rotatable bonds is 5. The van der Waals surface area contributed by atoms with E-state index < -0.39 is 10.0 Å². The lowest BCUT2D eigenvalue weighted by atomic mass is 9.97. The Kier molecular flexibility index (Phi) is 5.90. The molecule has 28 heavy (non-hydrogen) atoms. The van der Waals surface area contributed by atoms with Gasteiger partial charge in [-0.3, -0.25) is 4.79 Å². The highest BCUT2D eigenvalue weighted by Gasteiger charge is 2.32. The Hall–Kier alpha value is -2.19. The van der Waals surface area contributed by atoms with Crippen LogP contribution in [-0.2, 0) is 14.8 Å². The number of benzene rings is 1. The normalized spacial score (nSPS) is 16.5. The Morgan fingerprint density at radius 3 is 2.43 bits per heavy atom. The highest BCUT2D eigenvalue weighted by molar-refractivity contribution is 7.89. The van der Waals surface area contributed by atoms with Gasteiger partial charge in [0.2, 0.25) is 15.9 Å². The van der Waals surface area contributed by atoms with Crippen molar-refractivity contribution in [3.8, 4) is 0 Å². The predicted molar refractivity (Wildman–Crippen MR) is 109 cm³/mol. The maximum atomic E-state index is 12.9. The molecule has 2 aromatic rings. The number of carbonyl (C=O) groups excluding carboxylic acids is 1. The molecule has 8 heteroatoms. The first-order chi connectivity index (χ1) is 13.2. The highest BCUT2D eigenvalue weighted by Crippen LogP contribution is 2.26. The molecule has 0 radical (unpaired) electrons. The number of anilines is 1. The molecule has 1 aliphatic rings. The fourth-order valence-corrected chi connectivity index (χ4v) is 4.99. The number of aromatic nitrogens is 2. The van der Waals surface area contributed by atoms with E-state index >= 15 is 0 Å². The Bertz CT molecular complexity index is 958. The first-order valence-corrected chi connectivity index (χ1v) is 11.1. The van der Waals surface area contributed by atoms with Gasteiger partial charge in [0.05, 0.1) is 11.1 Å². The minimum Gasteiger partial charge on any atom is -0.311 e. The second kappa shape index (κ2) is 8.05. The largest absolute Gasteiger partial charge is 0.311 e. The summed E-state index contributed by atoms with van der Waals surface area (Å²) in [5, 5.41) is 7.15. The molecule has 1 amide bonds. The molecule has 1 saturated heterocycles. The molecular weight excluding hydrogens is 376 g/mol. The number of sulfonamides is 1. The summed E-state index contributed by atoms with van der Waals surface area (Å²) in [6.45, 7) is 8.55. The van der Waals surface area contributed by atoms with Crippen LogP contribution in [0, 0.1) is 19.8 Å². The summed E-state index contributed by atoms with van der Waals surface area (Å²) < 4.78 is 29.1. The number of nitrogens with one attached hydrogen (secondary N) is 1. The monoisotopic (exact) mass is 404 g/mol. The molecule has 7 nitrogen and oxygen atoms in total. The molecule has 0 bridgehead atoms. The van der Waals surface area contributed by atoms with E-state index in [2.05, 4.69) is 10.4 Å². The van der Waals surface area contributed by atoms with E-state index in [9.17, 15) is 13.2 Å². The van der Waals surface area contributed by atoms with E-state index in [0.29, 0.717) is 36.6 Å². The smallest absolute Gasteiger partial charge is 0.243 e. The first-order valence-electron chi connectivity index (χ1n) is 9.62. The van der Waals surface area contributed by atoms with Crippen molar-refractivity contribution in [2.24, 2.45) is 5.92 Å². The summed E-state index contributed by atoms with van der Waals surface area (Å²) in [5.41, 5.74) is 2.02. The van der Waals surface area contributed by atoms with Crippen LogP contribution >= 0.6 is 0 Å². The van der Waals surface area contributed by atoms with Crippen molar-refractivity contribution >= 4 is 21.7 Å². The van der Waals surface area contributed by atoms with Crippen LogP contribution in [0.1, 0.15) is 43.9 Å². The Balaban J connectivity index is 1.64. The lowest BCUT2D eigenvalue weighted by molar-refractivity contribution is -0.121. The molecule has 1 aromatic carbocycles. The topological polar surface area (TPSA) is 84.3 Å². The molecule has 2 heterocycles. The van der Waals surface area contributed by atoms with Crippen LogP contribution in [0.3, 0.4) is 0 Å². The van der Waals surface area contributed by atoms with Crippen LogP contribution in [0.15, 0.2) is 35.4 Å². The summed E-state index contributed by atoms with van der Waals surface area (Å²) in [7, 11) is -3.53. The number of nitrogens with zero attached hydrogens (tertiary/aromatic N) is 3. The molecule has 1 aromatic heterocycles. The second-order valence-corrected chi connectivity index (χ2v) is 9.61. The maximum Gasteiger partial charge on any atom is 0.243 e. The van der Waals surface area contributed by atoms with E-state index in [1.807, 2.05) is 33.8 Å². The molecule has 0 unspecified atom stereocenters. The summed E-state index contributed by atoms with van der Waals surface area (Å²) in [4.78, 5) is 12.9. The minimum atomic E-state index is -3.53. The molecule has 1 N–H and O–H groups in total. The summed E-state index contributed by atoms with van der Waals surface area (Å²) >= 11 is 0. The van der Waals surface area contributed by atoms with Gasteiger partial charge < -0.3 is 5.32 Å². The van der Waals surface area contributed by atoms with Crippen molar-refractivity contribution in [3.63, 3.8) is 0 Å². The van der Waals surface area contributed by atoms with Gasteiger partial charge in [0.1, 0.15) is 5.82 Å². The van der Waals surface area contributed by atoms with Gasteiger partial charge in [-0.25, -0.2) is 13.1 Å². The van der Waals surface area contributed by atoms with E-state index in [-0.39, 0.29) is 17.9 Å². The lowest BCUT2D eigenvalue weighted by Gasteiger charge is -2.30. The zero-order valence-electron chi connectivity index (χ0n) is 16.8. The van der Waals surface area contributed by atoms with Crippen molar-refractivity contribution in [2.75, 3.05) is 18.4 Å². The van der Waals surface area contributed by atoms with Gasteiger partial charge in [-0.15, -0.1) is 0 Å². The Morgan fingerprint density at radius 2 is 1.82 bits per heavy atom. The van der Waals surface area contributed by atoms with Crippen molar-refractivity contribution in [1.82, 2.24) is 14.1 Å². The number of hydrogen-bond donors (Lipinski definition) is 1. The molecule has 3 rings (SSSR count). The summed E-state index contributed by atoms with van der Waals surface area (Å²) in [5.74, 6) is 0.387. The SMILES string of the molecule is Cc1ccc(S(=O)(=O)N2CCC(C(=O)Nc3ccnn3C(C)C)CC2)cc1C. The van der Waals surface area contributed by atoms with Crippen molar-refractivity contribution in [2.45, 2.75) is 51.5 Å². The van der Waals surface area contributed by atoms with Crippen molar-refractivity contribution < 1.29 is 13.2 Å². The van der Waals surface area contributed by atoms with Gasteiger partial charge in [-0.1, -0.05) is 6.07 Å². The molecule has 0 saturated carbocycles. The van der Waals surface area contributed by atoms with Crippen molar-refractivity contribution in [3.05, 3.63) is 41.6 Å². The van der Waals surface area contributed by atoms with Gasteiger partial charge in [0.25, 0.3) is 0 Å². The molecule has 0 atom stereocenters. The third-order valence-corrected chi connectivity index (χ3v) is 7.25. The van der Waals surface area contributed by atoms with E-state index in [1.54, 1.807) is 29.1 Å². The molecule has 152 valence electrons. The van der Waals surface area contributed by atoms with Crippen LogP contribution in [0.5, 0.6) is 0 Å². The Labute approximate surface area is 166 Å². The number of hydrogen-bond acceptors (Lipinski definition) is 4. The number of amides is 1. The van der Waals surface area contributed by atoms with E-state index in [1.165, 1.54) is 4.31 Å². The summed E-state index contributed by atoms with van der Waals surface area (Å²) in [6, 6.07) is 7.13. The van der Waals surface area contributed by atoms with Gasteiger partial charge in [-0.2, -0.15) is 9.40 Å². The third kappa shape index (κ3) is 4.12. The van der Waals surface area contributed by atoms with Crippen LogP contribution in [-0.4, -0.2) is 41.5 Å². The molecule has 0 aliphatic carbocycles. The van der Waals surface area contributed by atoms with E-state index in [4.69, 9.17) is 0 Å². The Morgan fingerprint density at radius 1 is 1.14 bits per heavy atom. The summed E-state index contributed by atoms with van der Waals surface area (Å²) in [6.07, 6.45) is 2.67. The minimum absolute atomic E-state index is 0.0781. The van der Waals surface area contributed by atoms with Gasteiger partial charge in [0, 0.05) is 31.1 Å². The third-order valence-electron chi connectivity index (χ3n) is 5.35. The maximum absolute atomic E-state index is 12.9. The fourth-order valence-electron chi connectivity index (χ4n) is 3.43. The molecule has 0 spiro atoms. The molecule has 1 aliphatic heterocycles. The molecular formula is C20H28N4O3S. The second-order valence-electron chi connectivity index (χ2n) is 7.67. The van der Waals surface area contributed by atoms with Crippen LogP contribution in [0.4, 0.5) is 5.82 Å². The lowest BCUT2D eigenvalue weighted by Crippen LogP contribution is -2.41. The van der Waals surface area contributed by atoms with E-state index in [0.717, 1.165) is 11.1 Å². The van der Waals surface area contributed by atoms with Crippen molar-refractivity contribution in [1.29, 1.82) is 0 Å².